The molecule has 1 N–H and O–H groups in total. The molecule has 4 aromatic rings. The summed E-state index contributed by atoms with van der Waals surface area (Å²) >= 11 is 0. The fourth-order valence-corrected chi connectivity index (χ4v) is 5.89. The summed E-state index contributed by atoms with van der Waals surface area (Å²) in [6, 6.07) is 9.10. The lowest BCUT2D eigenvalue weighted by Gasteiger charge is -2.32. The molecule has 0 amide bonds. The molecule has 1 aliphatic heterocycles. The highest BCUT2D eigenvalue weighted by Gasteiger charge is 2.32. The van der Waals surface area contributed by atoms with Crippen LogP contribution in [0.2, 0.25) is 0 Å². The van der Waals surface area contributed by atoms with Crippen LogP contribution in [0, 0.1) is 0 Å². The van der Waals surface area contributed by atoms with Gasteiger partial charge in [-0.2, -0.15) is 4.31 Å². The maximum Gasteiger partial charge on any atom is 0.573 e. The van der Waals surface area contributed by atoms with E-state index in [0.717, 1.165) is 17.6 Å². The van der Waals surface area contributed by atoms with Crippen molar-refractivity contribution in [2.75, 3.05) is 18.4 Å². The van der Waals surface area contributed by atoms with Gasteiger partial charge in [-0.05, 0) is 37.1 Å². The smallest absolute Gasteiger partial charge is 0.404 e. The Morgan fingerprint density at radius 1 is 1.00 bits per heavy atom. The van der Waals surface area contributed by atoms with Gasteiger partial charge in [0.2, 0.25) is 10.0 Å². The third kappa shape index (κ3) is 5.96. The van der Waals surface area contributed by atoms with E-state index in [2.05, 4.69) is 30.2 Å². The number of pyridine rings is 1. The van der Waals surface area contributed by atoms with Gasteiger partial charge in [0.15, 0.2) is 5.65 Å². The van der Waals surface area contributed by atoms with Crippen LogP contribution in [0.1, 0.15) is 38.4 Å². The number of piperidine rings is 1. The number of halogens is 3. The van der Waals surface area contributed by atoms with Gasteiger partial charge in [-0.1, -0.05) is 26.0 Å². The second kappa shape index (κ2) is 10.4. The Bertz CT molecular complexity index is 1550. The van der Waals surface area contributed by atoms with Crippen LogP contribution in [0.4, 0.5) is 19.0 Å². The average Bonchev–Trinajstić information content (AvgIpc) is 3.33. The maximum absolute atomic E-state index is 13.3. The van der Waals surface area contributed by atoms with Crippen LogP contribution in [0.15, 0.2) is 59.9 Å². The van der Waals surface area contributed by atoms with Gasteiger partial charge in [0.1, 0.15) is 17.4 Å². The maximum atomic E-state index is 13.3. The van der Waals surface area contributed by atoms with Crippen molar-refractivity contribution in [1.29, 1.82) is 0 Å². The molecule has 0 saturated carbocycles. The topological polar surface area (TPSA) is 115 Å². The molecule has 0 spiro atoms. The summed E-state index contributed by atoms with van der Waals surface area (Å²) in [5.74, 6) is 0.973. The number of fused-ring (bicyclic) bond motifs is 1. The Balaban J connectivity index is 1.22. The van der Waals surface area contributed by atoms with Crippen molar-refractivity contribution < 1.29 is 26.3 Å². The Kier molecular flexibility index (Phi) is 7.16. The molecule has 5 rings (SSSR count). The Hall–Kier alpha value is -3.78. The lowest BCUT2D eigenvalue weighted by molar-refractivity contribution is -0.274. The van der Waals surface area contributed by atoms with Crippen molar-refractivity contribution in [2.45, 2.75) is 49.9 Å². The molecule has 4 heterocycles. The van der Waals surface area contributed by atoms with Crippen molar-refractivity contribution in [2.24, 2.45) is 0 Å². The molecule has 1 fully saturated rings. The molecule has 1 aliphatic rings. The molecule has 10 nitrogen and oxygen atoms in total. The highest BCUT2D eigenvalue weighted by atomic mass is 32.2. The summed E-state index contributed by atoms with van der Waals surface area (Å²) < 4.78 is 70.6. The van der Waals surface area contributed by atoms with E-state index in [4.69, 9.17) is 0 Å². The minimum absolute atomic E-state index is 0.0740. The Labute approximate surface area is 222 Å². The SMILES string of the molecule is CC(C)c1nnc2cnc(-c3ccc(S(=O)(=O)N4CCC(Nc5ccc(OC(F)(F)F)cn5)CC4)cc3)cn12. The number of ether oxygens (including phenoxy) is 1. The van der Waals surface area contributed by atoms with Crippen LogP contribution in [0.3, 0.4) is 0 Å². The zero-order valence-corrected chi connectivity index (χ0v) is 21.9. The van der Waals surface area contributed by atoms with Crippen molar-refractivity contribution in [3.05, 3.63) is 60.8 Å². The van der Waals surface area contributed by atoms with Crippen molar-refractivity contribution in [3.63, 3.8) is 0 Å². The third-order valence-electron chi connectivity index (χ3n) is 6.40. The summed E-state index contributed by atoms with van der Waals surface area (Å²) in [6.45, 7) is 4.64. The number of benzene rings is 1. The number of hydrogen-bond acceptors (Lipinski definition) is 8. The number of anilines is 1. The lowest BCUT2D eigenvalue weighted by Crippen LogP contribution is -2.42. The molecule has 0 radical (unpaired) electrons. The van der Waals surface area contributed by atoms with Crippen LogP contribution in [-0.2, 0) is 10.0 Å². The normalized spacial score (nSPS) is 15.6. The fraction of sp³-hybridized carbons (Fsp3) is 0.360. The highest BCUT2D eigenvalue weighted by Crippen LogP contribution is 2.27. The quantitative estimate of drug-likeness (QED) is 0.352. The van der Waals surface area contributed by atoms with Gasteiger partial charge >= 0.3 is 6.36 Å². The Morgan fingerprint density at radius 2 is 1.72 bits per heavy atom. The van der Waals surface area contributed by atoms with E-state index < -0.39 is 22.1 Å². The number of sulfonamides is 1. The molecule has 1 aromatic carbocycles. The number of nitrogens with one attached hydrogen (secondary N) is 1. The molecule has 3 aromatic heterocycles. The third-order valence-corrected chi connectivity index (χ3v) is 8.31. The van der Waals surface area contributed by atoms with Crippen molar-refractivity contribution in [1.82, 2.24) is 28.9 Å². The minimum Gasteiger partial charge on any atom is -0.404 e. The van der Waals surface area contributed by atoms with E-state index in [1.54, 1.807) is 30.5 Å². The summed E-state index contributed by atoms with van der Waals surface area (Å²) in [5, 5.41) is 11.5. The molecule has 0 atom stereocenters. The standard InChI is InChI=1S/C25H26F3N7O3S/c1-16(2)24-33-32-23-14-29-21(15-35(23)24)17-3-6-20(7-4-17)39(36,37)34-11-9-18(10-12-34)31-22-8-5-19(13-30-22)38-25(26,27)28/h3-8,13-16,18H,9-12H2,1-2H3,(H,30,31). The number of nitrogens with zero attached hydrogens (tertiary/aromatic N) is 6. The molecule has 0 unspecified atom stereocenters. The van der Waals surface area contributed by atoms with Crippen LogP contribution in [-0.4, -0.2) is 62.8 Å². The zero-order valence-electron chi connectivity index (χ0n) is 21.1. The summed E-state index contributed by atoms with van der Waals surface area (Å²) in [7, 11) is -3.70. The van der Waals surface area contributed by atoms with Gasteiger partial charge in [0, 0.05) is 36.8 Å². The van der Waals surface area contributed by atoms with Crippen LogP contribution in [0.5, 0.6) is 5.75 Å². The lowest BCUT2D eigenvalue weighted by atomic mass is 10.1. The van der Waals surface area contributed by atoms with E-state index >= 15 is 0 Å². The second-order valence-electron chi connectivity index (χ2n) is 9.49. The fourth-order valence-electron chi connectivity index (χ4n) is 4.42. The first-order valence-corrected chi connectivity index (χ1v) is 13.7. The molecule has 0 bridgehead atoms. The predicted octanol–water partition coefficient (Wildman–Crippen LogP) is 4.47. The van der Waals surface area contributed by atoms with Gasteiger partial charge in [-0.25, -0.2) is 13.4 Å². The van der Waals surface area contributed by atoms with Crippen LogP contribution < -0.4 is 10.1 Å². The average molecular weight is 562 g/mol. The van der Waals surface area contributed by atoms with Crippen molar-refractivity contribution >= 4 is 21.5 Å². The number of aromatic nitrogens is 5. The van der Waals surface area contributed by atoms with Gasteiger partial charge < -0.3 is 10.1 Å². The molecule has 1 saturated heterocycles. The van der Waals surface area contributed by atoms with E-state index in [-0.39, 0.29) is 16.9 Å². The summed E-state index contributed by atoms with van der Waals surface area (Å²) in [5.41, 5.74) is 2.08. The predicted molar refractivity (Wildman–Crippen MR) is 137 cm³/mol. The van der Waals surface area contributed by atoms with Gasteiger partial charge in [0.25, 0.3) is 0 Å². The second-order valence-corrected chi connectivity index (χ2v) is 11.4. The number of hydrogen-bond donors (Lipinski definition) is 1. The number of rotatable bonds is 7. The van der Waals surface area contributed by atoms with E-state index in [0.29, 0.717) is 43.1 Å². The molecular weight excluding hydrogens is 535 g/mol. The Morgan fingerprint density at radius 3 is 2.33 bits per heavy atom. The van der Waals surface area contributed by atoms with E-state index in [9.17, 15) is 21.6 Å². The number of alkyl halides is 3. The first-order chi connectivity index (χ1) is 18.5. The van der Waals surface area contributed by atoms with Crippen LogP contribution >= 0.6 is 0 Å². The molecule has 0 aliphatic carbocycles. The molecule has 206 valence electrons. The summed E-state index contributed by atoms with van der Waals surface area (Å²) in [6.07, 6.45) is 0.717. The summed E-state index contributed by atoms with van der Waals surface area (Å²) in [4.78, 5) is 8.58. The largest absolute Gasteiger partial charge is 0.573 e. The molecule has 14 heteroatoms. The van der Waals surface area contributed by atoms with E-state index in [1.807, 2.05) is 24.4 Å². The van der Waals surface area contributed by atoms with E-state index in [1.165, 1.54) is 16.4 Å². The molecular formula is C25H26F3N7O3S. The van der Waals surface area contributed by atoms with Crippen LogP contribution in [0.25, 0.3) is 16.9 Å². The monoisotopic (exact) mass is 561 g/mol. The van der Waals surface area contributed by atoms with Gasteiger partial charge in [-0.15, -0.1) is 23.4 Å². The first-order valence-electron chi connectivity index (χ1n) is 12.3. The van der Waals surface area contributed by atoms with Gasteiger partial charge in [-0.3, -0.25) is 9.38 Å². The molecule has 39 heavy (non-hydrogen) atoms. The highest BCUT2D eigenvalue weighted by molar-refractivity contribution is 7.89. The minimum atomic E-state index is -4.78. The first kappa shape index (κ1) is 26.8. The van der Waals surface area contributed by atoms with Gasteiger partial charge in [0.05, 0.1) is 23.0 Å². The zero-order chi connectivity index (χ0) is 27.8. The van der Waals surface area contributed by atoms with Crippen molar-refractivity contribution in [3.8, 4) is 17.0 Å².